The van der Waals surface area contributed by atoms with Gasteiger partial charge in [-0.3, -0.25) is 4.79 Å². The molecule has 0 saturated carbocycles. The predicted molar refractivity (Wildman–Crippen MR) is 101 cm³/mol. The monoisotopic (exact) mass is 389 g/mol. The third-order valence-corrected chi connectivity index (χ3v) is 5.89. The third kappa shape index (κ3) is 3.94. The van der Waals surface area contributed by atoms with E-state index in [2.05, 4.69) is 9.97 Å². The molecule has 1 amide bonds. The summed E-state index contributed by atoms with van der Waals surface area (Å²) in [7, 11) is 0. The van der Waals surface area contributed by atoms with Gasteiger partial charge in [0.25, 0.3) is 0 Å². The van der Waals surface area contributed by atoms with Gasteiger partial charge in [0.05, 0.1) is 23.9 Å². The van der Waals surface area contributed by atoms with Crippen molar-refractivity contribution in [1.29, 1.82) is 0 Å². The molecule has 1 atom stereocenters. The largest absolute Gasteiger partial charge is 0.375 e. The second kappa shape index (κ2) is 7.62. The molecule has 7 heteroatoms. The summed E-state index contributed by atoms with van der Waals surface area (Å²) in [6.45, 7) is 4.15. The lowest BCUT2D eigenvalue weighted by molar-refractivity contribution is -0.137. The number of likely N-dealkylation sites (tertiary alicyclic amines) is 1. The van der Waals surface area contributed by atoms with Gasteiger partial charge in [0.2, 0.25) is 5.91 Å². The van der Waals surface area contributed by atoms with Crippen molar-refractivity contribution in [1.82, 2.24) is 14.9 Å². The van der Waals surface area contributed by atoms with E-state index in [9.17, 15) is 13.6 Å². The van der Waals surface area contributed by atoms with Crippen LogP contribution in [0.5, 0.6) is 0 Å². The average Bonchev–Trinajstić information content (AvgIpc) is 3.34. The number of carbonyl (C=O) groups is 1. The van der Waals surface area contributed by atoms with Gasteiger partial charge in [-0.1, -0.05) is 0 Å². The second-order valence-electron chi connectivity index (χ2n) is 8.04. The van der Waals surface area contributed by atoms with Gasteiger partial charge in [-0.2, -0.15) is 0 Å². The van der Waals surface area contributed by atoms with Crippen molar-refractivity contribution >= 4 is 5.91 Å². The number of halogens is 2. The molecule has 1 unspecified atom stereocenters. The van der Waals surface area contributed by atoms with E-state index in [1.54, 1.807) is 6.20 Å². The molecule has 1 aromatic heterocycles. The molecule has 0 radical (unpaired) electrons. The highest BCUT2D eigenvalue weighted by molar-refractivity contribution is 5.77. The quantitative estimate of drug-likeness (QED) is 0.859. The molecule has 0 aliphatic carbocycles. The smallest absolute Gasteiger partial charge is 0.225 e. The summed E-state index contributed by atoms with van der Waals surface area (Å²) in [5.74, 6) is -0.526. The minimum absolute atomic E-state index is 0.157. The highest BCUT2D eigenvalue weighted by Crippen LogP contribution is 2.32. The van der Waals surface area contributed by atoms with Gasteiger partial charge in [0.1, 0.15) is 5.82 Å². The van der Waals surface area contributed by atoms with Crippen molar-refractivity contribution in [2.75, 3.05) is 19.7 Å². The van der Waals surface area contributed by atoms with Crippen LogP contribution in [0.25, 0.3) is 11.3 Å². The lowest BCUT2D eigenvalue weighted by Crippen LogP contribution is -2.41. The molecule has 3 heterocycles. The number of nitrogens with one attached hydrogen (secondary N) is 1. The molecule has 0 bridgehead atoms. The molecule has 1 aromatic carbocycles. The summed E-state index contributed by atoms with van der Waals surface area (Å²) in [6, 6.07) is 3.81. The SMILES string of the molecule is CC1(CC(=O)N2CCC(c3ncc(-c4ccc(F)c(F)c4)[nH]3)CC2)CCCO1. The number of aromatic amines is 1. The van der Waals surface area contributed by atoms with Crippen LogP contribution in [0.4, 0.5) is 8.78 Å². The Morgan fingerprint density at radius 2 is 2.11 bits per heavy atom. The summed E-state index contributed by atoms with van der Waals surface area (Å²) < 4.78 is 32.3. The number of piperidine rings is 1. The number of ether oxygens (including phenoxy) is 1. The highest BCUT2D eigenvalue weighted by Gasteiger charge is 2.35. The van der Waals surface area contributed by atoms with Crippen molar-refractivity contribution in [3.05, 3.63) is 41.9 Å². The number of H-pyrrole nitrogens is 1. The molecule has 2 aromatic rings. The fourth-order valence-electron chi connectivity index (χ4n) is 4.16. The number of rotatable bonds is 4. The summed E-state index contributed by atoms with van der Waals surface area (Å²) in [4.78, 5) is 22.2. The topological polar surface area (TPSA) is 58.2 Å². The minimum Gasteiger partial charge on any atom is -0.375 e. The number of hydrogen-bond donors (Lipinski definition) is 1. The van der Waals surface area contributed by atoms with E-state index in [-0.39, 0.29) is 17.4 Å². The predicted octanol–water partition coefficient (Wildman–Crippen LogP) is 4.02. The fourth-order valence-corrected chi connectivity index (χ4v) is 4.16. The summed E-state index contributed by atoms with van der Waals surface area (Å²) >= 11 is 0. The van der Waals surface area contributed by atoms with Gasteiger partial charge < -0.3 is 14.6 Å². The lowest BCUT2D eigenvalue weighted by atomic mass is 9.94. The van der Waals surface area contributed by atoms with Crippen molar-refractivity contribution in [3.63, 3.8) is 0 Å². The molecule has 28 heavy (non-hydrogen) atoms. The van der Waals surface area contributed by atoms with Crippen LogP contribution < -0.4 is 0 Å². The van der Waals surface area contributed by atoms with Gasteiger partial charge in [0.15, 0.2) is 11.6 Å². The third-order valence-electron chi connectivity index (χ3n) is 5.89. The van der Waals surface area contributed by atoms with E-state index >= 15 is 0 Å². The summed E-state index contributed by atoms with van der Waals surface area (Å²) in [5, 5.41) is 0. The Balaban J connectivity index is 1.35. The first-order chi connectivity index (χ1) is 13.4. The van der Waals surface area contributed by atoms with Crippen LogP contribution in [0.3, 0.4) is 0 Å². The summed E-state index contributed by atoms with van der Waals surface area (Å²) in [6.07, 6.45) is 5.71. The first-order valence-corrected chi connectivity index (χ1v) is 9.86. The number of imidazole rings is 1. The fraction of sp³-hybridized carbons (Fsp3) is 0.524. The maximum Gasteiger partial charge on any atom is 0.225 e. The van der Waals surface area contributed by atoms with Gasteiger partial charge >= 0.3 is 0 Å². The van der Waals surface area contributed by atoms with E-state index in [0.29, 0.717) is 30.8 Å². The van der Waals surface area contributed by atoms with Crippen LogP contribution in [0.2, 0.25) is 0 Å². The van der Waals surface area contributed by atoms with Gasteiger partial charge in [-0.15, -0.1) is 0 Å². The van der Waals surface area contributed by atoms with Crippen molar-refractivity contribution < 1.29 is 18.3 Å². The van der Waals surface area contributed by atoms with Gasteiger partial charge in [-0.25, -0.2) is 13.8 Å². The molecule has 2 aliphatic heterocycles. The van der Waals surface area contributed by atoms with Crippen LogP contribution in [-0.2, 0) is 9.53 Å². The Labute approximate surface area is 163 Å². The number of aromatic nitrogens is 2. The van der Waals surface area contributed by atoms with Crippen molar-refractivity contribution in [3.8, 4) is 11.3 Å². The first-order valence-electron chi connectivity index (χ1n) is 9.86. The zero-order chi connectivity index (χ0) is 19.7. The molecule has 150 valence electrons. The van der Waals surface area contributed by atoms with Crippen LogP contribution in [0, 0.1) is 11.6 Å². The van der Waals surface area contributed by atoms with Crippen LogP contribution in [-0.4, -0.2) is 46.1 Å². The number of amides is 1. The van der Waals surface area contributed by atoms with Gasteiger partial charge in [0, 0.05) is 31.2 Å². The second-order valence-corrected chi connectivity index (χ2v) is 8.04. The van der Waals surface area contributed by atoms with Crippen LogP contribution in [0.15, 0.2) is 24.4 Å². The Morgan fingerprint density at radius 1 is 1.32 bits per heavy atom. The van der Waals surface area contributed by atoms with Crippen LogP contribution in [0.1, 0.15) is 50.8 Å². The first kappa shape index (κ1) is 19.1. The van der Waals surface area contributed by atoms with E-state index in [4.69, 9.17) is 4.74 Å². The normalized spacial score (nSPS) is 23.3. The standard InChI is InChI=1S/C21H25F2N3O2/c1-21(7-2-10-28-21)12-19(27)26-8-5-14(6-9-26)20-24-13-18(25-20)15-3-4-16(22)17(23)11-15/h3-4,11,13-14H,2,5-10,12H2,1H3,(H,24,25). The minimum atomic E-state index is -0.875. The Hall–Kier alpha value is -2.28. The van der Waals surface area contributed by atoms with Crippen molar-refractivity contribution in [2.24, 2.45) is 0 Å². The number of nitrogens with zero attached hydrogens (tertiary/aromatic N) is 2. The zero-order valence-corrected chi connectivity index (χ0v) is 16.0. The molecule has 1 N–H and O–H groups in total. The van der Waals surface area contributed by atoms with E-state index in [1.165, 1.54) is 12.1 Å². The maximum atomic E-state index is 13.5. The number of benzene rings is 1. The van der Waals surface area contributed by atoms with Crippen molar-refractivity contribution in [2.45, 2.75) is 50.5 Å². The molecule has 2 saturated heterocycles. The van der Waals surface area contributed by atoms with Gasteiger partial charge in [-0.05, 0) is 50.8 Å². The zero-order valence-electron chi connectivity index (χ0n) is 16.0. The molecule has 0 spiro atoms. The number of hydrogen-bond acceptors (Lipinski definition) is 3. The number of carbonyl (C=O) groups excluding carboxylic acids is 1. The summed E-state index contributed by atoms with van der Waals surface area (Å²) in [5.41, 5.74) is 0.919. The highest BCUT2D eigenvalue weighted by atomic mass is 19.2. The van der Waals surface area contributed by atoms with E-state index < -0.39 is 11.6 Å². The van der Waals surface area contributed by atoms with E-state index in [0.717, 1.165) is 44.2 Å². The molecular weight excluding hydrogens is 364 g/mol. The lowest BCUT2D eigenvalue weighted by Gasteiger charge is -2.33. The van der Waals surface area contributed by atoms with Crippen LogP contribution >= 0.6 is 0 Å². The average molecular weight is 389 g/mol. The molecule has 2 fully saturated rings. The molecule has 5 nitrogen and oxygen atoms in total. The Kier molecular flexibility index (Phi) is 5.19. The Morgan fingerprint density at radius 3 is 2.79 bits per heavy atom. The molecule has 2 aliphatic rings. The molecule has 4 rings (SSSR count). The van der Waals surface area contributed by atoms with E-state index in [1.807, 2.05) is 11.8 Å². The maximum absolute atomic E-state index is 13.5. The Bertz CT molecular complexity index is 853. The molecular formula is C21H25F2N3O2.